The van der Waals surface area contributed by atoms with Gasteiger partial charge in [0.15, 0.2) is 0 Å². The van der Waals surface area contributed by atoms with Gasteiger partial charge in [-0.2, -0.15) is 0 Å². The van der Waals surface area contributed by atoms with E-state index < -0.39 is 12.2 Å². The van der Waals surface area contributed by atoms with Gasteiger partial charge >= 0.3 is 0 Å². The zero-order valence-corrected chi connectivity index (χ0v) is 7.95. The number of rotatable bonds is 4. The molecule has 0 spiro atoms. The van der Waals surface area contributed by atoms with Crippen LogP contribution in [-0.4, -0.2) is 40.2 Å². The fourth-order valence-corrected chi connectivity index (χ4v) is 1.26. The number of allylic oxidation sites excluding steroid dienone is 1. The molecule has 0 bridgehead atoms. The van der Waals surface area contributed by atoms with Crippen molar-refractivity contribution in [3.63, 3.8) is 0 Å². The van der Waals surface area contributed by atoms with Crippen LogP contribution in [0.5, 0.6) is 0 Å². The molecule has 3 N–H and O–H groups in total. The van der Waals surface area contributed by atoms with E-state index in [1.165, 1.54) is 0 Å². The Kier molecular flexibility index (Phi) is 2.95. The molecule has 13 heavy (non-hydrogen) atoms. The first-order valence-corrected chi connectivity index (χ1v) is 4.31. The molecule has 76 valence electrons. The molecule has 0 radical (unpaired) electrons. The maximum atomic E-state index is 9.83. The van der Waals surface area contributed by atoms with Gasteiger partial charge in [-0.15, -0.1) is 0 Å². The van der Waals surface area contributed by atoms with Crippen LogP contribution in [0.15, 0.2) is 11.3 Å². The van der Waals surface area contributed by atoms with Crippen LogP contribution in [0.1, 0.15) is 20.3 Å². The van der Waals surface area contributed by atoms with Crippen LogP contribution in [0.3, 0.4) is 0 Å². The Balaban J connectivity index is 2.71. The molecule has 1 aliphatic heterocycles. The molecule has 1 fully saturated rings. The van der Waals surface area contributed by atoms with Crippen molar-refractivity contribution in [1.82, 2.24) is 0 Å². The van der Waals surface area contributed by atoms with Crippen molar-refractivity contribution in [3.05, 3.63) is 11.3 Å². The molecule has 1 heterocycles. The molecule has 2 unspecified atom stereocenters. The lowest BCUT2D eigenvalue weighted by Gasteiger charge is -2.25. The van der Waals surface area contributed by atoms with Gasteiger partial charge in [-0.25, -0.2) is 0 Å². The third-order valence-electron chi connectivity index (χ3n) is 2.14. The van der Waals surface area contributed by atoms with E-state index in [0.717, 1.165) is 0 Å². The molecule has 0 aromatic rings. The first kappa shape index (κ1) is 10.5. The molecule has 1 saturated heterocycles. The third-order valence-corrected chi connectivity index (χ3v) is 2.14. The molecule has 1 aliphatic rings. The highest BCUT2D eigenvalue weighted by molar-refractivity contribution is 5.15. The normalized spacial score (nSPS) is 25.1. The van der Waals surface area contributed by atoms with Crippen LogP contribution in [0.2, 0.25) is 0 Å². The first-order valence-electron chi connectivity index (χ1n) is 4.31. The average molecular weight is 188 g/mol. The van der Waals surface area contributed by atoms with Crippen LogP contribution < -0.4 is 0 Å². The molecule has 0 aliphatic carbocycles. The predicted molar refractivity (Wildman–Crippen MR) is 47.4 cm³/mol. The smallest absolute Gasteiger partial charge is 0.146 e. The average Bonchev–Trinajstić information content (AvgIpc) is 2.86. The molecule has 0 aromatic heterocycles. The summed E-state index contributed by atoms with van der Waals surface area (Å²) in [7, 11) is 0. The molecule has 4 nitrogen and oxygen atoms in total. The van der Waals surface area contributed by atoms with Gasteiger partial charge in [0.2, 0.25) is 0 Å². The summed E-state index contributed by atoms with van der Waals surface area (Å²) in [5.74, 6) is -0.148. The fraction of sp³-hybridized carbons (Fsp3) is 0.778. The second-order valence-electron chi connectivity index (χ2n) is 3.70. The highest BCUT2D eigenvalue weighted by Gasteiger charge is 2.39. The lowest BCUT2D eigenvalue weighted by atomic mass is 9.94. The van der Waals surface area contributed by atoms with E-state index in [-0.39, 0.29) is 18.3 Å². The summed E-state index contributed by atoms with van der Waals surface area (Å²) in [6.07, 6.45) is 0.221. The van der Waals surface area contributed by atoms with E-state index in [0.29, 0.717) is 12.2 Å². The van der Waals surface area contributed by atoms with Crippen LogP contribution in [0.25, 0.3) is 0 Å². The third kappa shape index (κ3) is 2.43. The molecular formula is C9H16O4. The molecule has 0 saturated carbocycles. The first-order chi connectivity index (χ1) is 5.99. The highest BCUT2D eigenvalue weighted by atomic mass is 16.6. The summed E-state index contributed by atoms with van der Waals surface area (Å²) >= 11 is 0. The van der Waals surface area contributed by atoms with Gasteiger partial charge in [0, 0.05) is 6.42 Å². The van der Waals surface area contributed by atoms with Gasteiger partial charge in [-0.1, -0.05) is 0 Å². The monoisotopic (exact) mass is 188 g/mol. The Hall–Kier alpha value is -0.580. The molecular weight excluding hydrogens is 172 g/mol. The minimum Gasteiger partial charge on any atom is -0.509 e. The number of aliphatic hydroxyl groups excluding tert-OH is 2. The second-order valence-corrected chi connectivity index (χ2v) is 3.70. The summed E-state index contributed by atoms with van der Waals surface area (Å²) in [6.45, 7) is 3.48. The van der Waals surface area contributed by atoms with Crippen molar-refractivity contribution in [1.29, 1.82) is 0 Å². The predicted octanol–water partition coefficient (Wildman–Crippen LogP) is 0.351. The van der Waals surface area contributed by atoms with E-state index in [1.807, 2.05) is 0 Å². The summed E-state index contributed by atoms with van der Waals surface area (Å²) in [5.41, 5.74) is -0.919. The number of hydrogen-bond donors (Lipinski definition) is 3. The maximum Gasteiger partial charge on any atom is 0.146 e. The lowest BCUT2D eigenvalue weighted by molar-refractivity contribution is -0.0264. The number of hydrogen-bond acceptors (Lipinski definition) is 4. The topological polar surface area (TPSA) is 73.2 Å². The Labute approximate surface area is 77.5 Å². The van der Waals surface area contributed by atoms with Gasteiger partial charge in [-0.3, -0.25) is 0 Å². The van der Waals surface area contributed by atoms with Crippen molar-refractivity contribution < 1.29 is 20.1 Å². The summed E-state index contributed by atoms with van der Waals surface area (Å²) in [4.78, 5) is 0. The molecule has 2 atom stereocenters. The standard InChI is InChI=1S/C9H16O4/c1-6(2)8(11)9(12,5-10)3-7-4-13-7/h7,10-12H,3-5H2,1-2H3. The SMILES string of the molecule is CC(C)=C(O)C(O)(CO)CC1CO1. The van der Waals surface area contributed by atoms with Gasteiger partial charge in [0.05, 0.1) is 19.3 Å². The van der Waals surface area contributed by atoms with Crippen molar-refractivity contribution in [2.45, 2.75) is 32.0 Å². The van der Waals surface area contributed by atoms with Crippen LogP contribution >= 0.6 is 0 Å². The van der Waals surface area contributed by atoms with Crippen molar-refractivity contribution in [2.75, 3.05) is 13.2 Å². The van der Waals surface area contributed by atoms with E-state index in [4.69, 9.17) is 9.84 Å². The molecule has 1 rings (SSSR count). The van der Waals surface area contributed by atoms with Gasteiger partial charge in [-0.05, 0) is 19.4 Å². The van der Waals surface area contributed by atoms with Crippen LogP contribution in [0, 0.1) is 0 Å². The Morgan fingerprint density at radius 2 is 2.08 bits per heavy atom. The quantitative estimate of drug-likeness (QED) is 0.439. The Morgan fingerprint density at radius 3 is 2.38 bits per heavy atom. The van der Waals surface area contributed by atoms with E-state index in [1.54, 1.807) is 13.8 Å². The van der Waals surface area contributed by atoms with Gasteiger partial charge in [0.25, 0.3) is 0 Å². The summed E-state index contributed by atoms with van der Waals surface area (Å²) < 4.78 is 4.93. The van der Waals surface area contributed by atoms with E-state index in [9.17, 15) is 10.2 Å². The van der Waals surface area contributed by atoms with Crippen molar-refractivity contribution in [2.24, 2.45) is 0 Å². The van der Waals surface area contributed by atoms with E-state index in [2.05, 4.69) is 0 Å². The van der Waals surface area contributed by atoms with Crippen LogP contribution in [0.4, 0.5) is 0 Å². The summed E-state index contributed by atoms with van der Waals surface area (Å²) in [6, 6.07) is 0. The Morgan fingerprint density at radius 1 is 1.54 bits per heavy atom. The van der Waals surface area contributed by atoms with Crippen molar-refractivity contribution in [3.8, 4) is 0 Å². The lowest BCUT2D eigenvalue weighted by Crippen LogP contribution is -2.37. The minimum atomic E-state index is -1.53. The van der Waals surface area contributed by atoms with Gasteiger partial charge < -0.3 is 20.1 Å². The zero-order chi connectivity index (χ0) is 10.1. The number of aliphatic hydroxyl groups is 3. The van der Waals surface area contributed by atoms with Gasteiger partial charge in [0.1, 0.15) is 11.4 Å². The second kappa shape index (κ2) is 3.65. The highest BCUT2D eigenvalue weighted by Crippen LogP contribution is 2.28. The van der Waals surface area contributed by atoms with Crippen molar-refractivity contribution >= 4 is 0 Å². The zero-order valence-electron chi connectivity index (χ0n) is 7.95. The number of epoxide rings is 1. The van der Waals surface area contributed by atoms with Crippen LogP contribution in [-0.2, 0) is 4.74 Å². The van der Waals surface area contributed by atoms with E-state index >= 15 is 0 Å². The fourth-order valence-electron chi connectivity index (χ4n) is 1.26. The maximum absolute atomic E-state index is 9.83. The summed E-state index contributed by atoms with van der Waals surface area (Å²) in [5, 5.41) is 28.3. The molecule has 4 heteroatoms. The largest absolute Gasteiger partial charge is 0.509 e. The Bertz CT molecular complexity index is 216. The molecule has 0 aromatic carbocycles. The molecule has 0 amide bonds. The minimum absolute atomic E-state index is 0.0290. The number of ether oxygens (including phenoxy) is 1.